The summed E-state index contributed by atoms with van der Waals surface area (Å²) in [5, 5.41) is 2.84. The molecule has 1 aromatic heterocycles. The van der Waals surface area contributed by atoms with Crippen LogP contribution >= 0.6 is 0 Å². The highest BCUT2D eigenvalue weighted by atomic mass is 19.2. The van der Waals surface area contributed by atoms with Crippen molar-refractivity contribution in [3.05, 3.63) is 47.9 Å². The van der Waals surface area contributed by atoms with E-state index < -0.39 is 11.6 Å². The van der Waals surface area contributed by atoms with E-state index in [2.05, 4.69) is 15.3 Å². The lowest BCUT2D eigenvalue weighted by Gasteiger charge is -2.26. The molecular weight excluding hydrogens is 302 g/mol. The summed E-state index contributed by atoms with van der Waals surface area (Å²) < 4.78 is 26.2. The van der Waals surface area contributed by atoms with E-state index in [0.29, 0.717) is 11.5 Å². The minimum atomic E-state index is -0.950. The van der Waals surface area contributed by atoms with Gasteiger partial charge in [-0.05, 0) is 31.4 Å². The van der Waals surface area contributed by atoms with Crippen molar-refractivity contribution >= 4 is 17.4 Å². The fourth-order valence-electron chi connectivity index (χ4n) is 2.52. The highest BCUT2D eigenvalue weighted by molar-refractivity contribution is 5.93. The summed E-state index contributed by atoms with van der Waals surface area (Å²) in [5.74, 6) is -1.65. The van der Waals surface area contributed by atoms with Crippen LogP contribution < -0.4 is 5.32 Å². The molecule has 1 fully saturated rings. The lowest BCUT2D eigenvalue weighted by Crippen LogP contribution is -2.36. The summed E-state index contributed by atoms with van der Waals surface area (Å²) in [6.07, 6.45) is 4.41. The quantitative estimate of drug-likeness (QED) is 0.944. The zero-order chi connectivity index (χ0) is 16.2. The van der Waals surface area contributed by atoms with Gasteiger partial charge in [-0.3, -0.25) is 4.79 Å². The van der Waals surface area contributed by atoms with E-state index in [1.165, 1.54) is 18.5 Å². The first-order chi connectivity index (χ1) is 11.1. The van der Waals surface area contributed by atoms with E-state index in [9.17, 15) is 13.6 Å². The largest absolute Gasteiger partial charge is 0.340 e. The Balaban J connectivity index is 1.76. The summed E-state index contributed by atoms with van der Waals surface area (Å²) in [6, 6.07) is 4.97. The molecule has 0 atom stereocenters. The van der Waals surface area contributed by atoms with Gasteiger partial charge in [0.15, 0.2) is 11.6 Å². The molecule has 1 N–H and O–H groups in total. The zero-order valence-corrected chi connectivity index (χ0v) is 12.4. The van der Waals surface area contributed by atoms with E-state index in [-0.39, 0.29) is 11.6 Å². The predicted octanol–water partition coefficient (Wildman–Crippen LogP) is 3.12. The molecule has 0 unspecified atom stereocenters. The molecule has 0 radical (unpaired) electrons. The van der Waals surface area contributed by atoms with Crippen molar-refractivity contribution < 1.29 is 13.6 Å². The van der Waals surface area contributed by atoms with Gasteiger partial charge in [0.05, 0.1) is 0 Å². The summed E-state index contributed by atoms with van der Waals surface area (Å²) in [4.78, 5) is 22.2. The lowest BCUT2D eigenvalue weighted by atomic mass is 10.1. The molecule has 0 bridgehead atoms. The maximum atomic E-state index is 13.2. The van der Waals surface area contributed by atoms with Crippen LogP contribution in [0.3, 0.4) is 0 Å². The van der Waals surface area contributed by atoms with E-state index in [0.717, 1.165) is 44.5 Å². The number of amides is 1. The number of hydrogen-bond acceptors (Lipinski definition) is 4. The highest BCUT2D eigenvalue weighted by Gasteiger charge is 2.19. The maximum absolute atomic E-state index is 13.2. The minimum absolute atomic E-state index is 0.138. The Bertz CT molecular complexity index is 717. The van der Waals surface area contributed by atoms with Gasteiger partial charge in [0, 0.05) is 30.9 Å². The number of nitrogens with zero attached hydrogens (tertiary/aromatic N) is 3. The standard InChI is InChI=1S/C16H16F2N4O/c17-12-5-4-11(8-13(12)18)21-15-9-14(19-10-20-15)16(23)22-6-2-1-3-7-22/h4-5,8-10H,1-3,6-7H2,(H,19,20,21). The summed E-state index contributed by atoms with van der Waals surface area (Å²) in [6.45, 7) is 1.46. The van der Waals surface area contributed by atoms with Gasteiger partial charge in [0.1, 0.15) is 17.8 Å². The van der Waals surface area contributed by atoms with Crippen LogP contribution in [0, 0.1) is 11.6 Å². The van der Waals surface area contributed by atoms with Gasteiger partial charge < -0.3 is 10.2 Å². The average Bonchev–Trinajstić information content (AvgIpc) is 2.58. The zero-order valence-electron chi connectivity index (χ0n) is 12.4. The molecule has 7 heteroatoms. The fourth-order valence-corrected chi connectivity index (χ4v) is 2.52. The molecule has 2 heterocycles. The molecule has 0 spiro atoms. The second-order valence-corrected chi connectivity index (χ2v) is 5.40. The van der Waals surface area contributed by atoms with Crippen LogP contribution in [-0.2, 0) is 0 Å². The van der Waals surface area contributed by atoms with Crippen LogP contribution in [0.2, 0.25) is 0 Å². The van der Waals surface area contributed by atoms with E-state index in [1.807, 2.05) is 0 Å². The Morgan fingerprint density at radius 2 is 1.83 bits per heavy atom. The Labute approximate surface area is 132 Å². The monoisotopic (exact) mass is 318 g/mol. The van der Waals surface area contributed by atoms with Crippen molar-refractivity contribution in [2.75, 3.05) is 18.4 Å². The van der Waals surface area contributed by atoms with Gasteiger partial charge in [0.25, 0.3) is 5.91 Å². The average molecular weight is 318 g/mol. The van der Waals surface area contributed by atoms with E-state index in [1.54, 1.807) is 4.90 Å². The smallest absolute Gasteiger partial charge is 0.272 e. The van der Waals surface area contributed by atoms with Crippen LogP contribution in [-0.4, -0.2) is 33.9 Å². The van der Waals surface area contributed by atoms with E-state index >= 15 is 0 Å². The SMILES string of the molecule is O=C(c1cc(Nc2ccc(F)c(F)c2)ncn1)N1CCCCC1. The van der Waals surface area contributed by atoms with Crippen LogP contribution in [0.4, 0.5) is 20.3 Å². The first kappa shape index (κ1) is 15.3. The predicted molar refractivity (Wildman–Crippen MR) is 81.4 cm³/mol. The molecular formula is C16H16F2N4O. The first-order valence-electron chi connectivity index (χ1n) is 7.47. The second-order valence-electron chi connectivity index (χ2n) is 5.40. The molecule has 1 aromatic carbocycles. The number of nitrogens with one attached hydrogen (secondary N) is 1. The van der Waals surface area contributed by atoms with Crippen LogP contribution in [0.15, 0.2) is 30.6 Å². The van der Waals surface area contributed by atoms with Crippen molar-refractivity contribution in [2.45, 2.75) is 19.3 Å². The molecule has 0 aliphatic carbocycles. The molecule has 1 amide bonds. The molecule has 1 saturated heterocycles. The Morgan fingerprint density at radius 1 is 1.04 bits per heavy atom. The van der Waals surface area contributed by atoms with Crippen LogP contribution in [0.5, 0.6) is 0 Å². The first-order valence-corrected chi connectivity index (χ1v) is 7.47. The van der Waals surface area contributed by atoms with Gasteiger partial charge in [-0.15, -0.1) is 0 Å². The van der Waals surface area contributed by atoms with Gasteiger partial charge >= 0.3 is 0 Å². The van der Waals surface area contributed by atoms with E-state index in [4.69, 9.17) is 0 Å². The summed E-state index contributed by atoms with van der Waals surface area (Å²) >= 11 is 0. The summed E-state index contributed by atoms with van der Waals surface area (Å²) in [7, 11) is 0. The molecule has 2 aromatic rings. The highest BCUT2D eigenvalue weighted by Crippen LogP contribution is 2.18. The number of halogens is 2. The molecule has 0 saturated carbocycles. The number of rotatable bonds is 3. The van der Waals surface area contributed by atoms with Gasteiger partial charge in [-0.2, -0.15) is 0 Å². The molecule has 1 aliphatic rings. The molecule has 5 nitrogen and oxygen atoms in total. The number of aromatic nitrogens is 2. The Kier molecular flexibility index (Phi) is 4.45. The fraction of sp³-hybridized carbons (Fsp3) is 0.312. The number of hydrogen-bond donors (Lipinski definition) is 1. The number of carbonyl (C=O) groups excluding carboxylic acids is 1. The molecule has 120 valence electrons. The topological polar surface area (TPSA) is 58.1 Å². The summed E-state index contributed by atoms with van der Waals surface area (Å²) in [5.41, 5.74) is 0.631. The van der Waals surface area contributed by atoms with Gasteiger partial charge in [-0.25, -0.2) is 18.7 Å². The van der Waals surface area contributed by atoms with Crippen molar-refractivity contribution in [2.24, 2.45) is 0 Å². The second kappa shape index (κ2) is 6.68. The van der Waals surface area contributed by atoms with Crippen LogP contribution in [0.1, 0.15) is 29.8 Å². The van der Waals surface area contributed by atoms with Crippen LogP contribution in [0.25, 0.3) is 0 Å². The third kappa shape index (κ3) is 3.61. The van der Waals surface area contributed by atoms with Gasteiger partial charge in [-0.1, -0.05) is 0 Å². The number of carbonyl (C=O) groups is 1. The number of likely N-dealkylation sites (tertiary alicyclic amines) is 1. The Hall–Kier alpha value is -2.57. The molecule has 3 rings (SSSR count). The Morgan fingerprint density at radius 3 is 2.57 bits per heavy atom. The third-order valence-electron chi connectivity index (χ3n) is 3.72. The molecule has 23 heavy (non-hydrogen) atoms. The van der Waals surface area contributed by atoms with Gasteiger partial charge in [0.2, 0.25) is 0 Å². The number of anilines is 2. The van der Waals surface area contributed by atoms with Crippen molar-refractivity contribution in [3.8, 4) is 0 Å². The van der Waals surface area contributed by atoms with Crippen molar-refractivity contribution in [3.63, 3.8) is 0 Å². The third-order valence-corrected chi connectivity index (χ3v) is 3.72. The van der Waals surface area contributed by atoms with Crippen molar-refractivity contribution in [1.29, 1.82) is 0 Å². The lowest BCUT2D eigenvalue weighted by molar-refractivity contribution is 0.0718. The molecule has 1 aliphatic heterocycles. The number of piperidine rings is 1. The number of benzene rings is 1. The minimum Gasteiger partial charge on any atom is -0.340 e. The maximum Gasteiger partial charge on any atom is 0.272 e. The normalized spacial score (nSPS) is 14.6. The van der Waals surface area contributed by atoms with Crippen molar-refractivity contribution in [1.82, 2.24) is 14.9 Å².